The molecule has 4 nitrogen and oxygen atoms in total. The maximum atomic E-state index is 11.9. The normalized spacial score (nSPS) is 11.6. The third-order valence-corrected chi connectivity index (χ3v) is 2.76. The number of aliphatic hydroxyl groups is 1. The van der Waals surface area contributed by atoms with E-state index in [1.807, 2.05) is 32.9 Å². The number of carbonyl (C=O) groups is 1. The van der Waals surface area contributed by atoms with Gasteiger partial charge in [0.05, 0.1) is 0 Å². The number of ether oxygens (including phenoxy) is 1. The van der Waals surface area contributed by atoms with Crippen LogP contribution in [0.3, 0.4) is 0 Å². The van der Waals surface area contributed by atoms with E-state index in [2.05, 4.69) is 5.32 Å². The van der Waals surface area contributed by atoms with Gasteiger partial charge in [0.15, 0.2) is 0 Å². The Bertz CT molecular complexity index is 465. The zero-order valence-corrected chi connectivity index (χ0v) is 12.3. The molecule has 0 saturated heterocycles. The van der Waals surface area contributed by atoms with Gasteiger partial charge in [-0.15, -0.1) is 0 Å². The monoisotopic (exact) mass is 277 g/mol. The van der Waals surface area contributed by atoms with E-state index in [9.17, 15) is 4.79 Å². The fourth-order valence-electron chi connectivity index (χ4n) is 1.47. The predicted molar refractivity (Wildman–Crippen MR) is 80.0 cm³/mol. The van der Waals surface area contributed by atoms with Crippen LogP contribution in [0.25, 0.3) is 0 Å². The highest BCUT2D eigenvalue weighted by atomic mass is 16.5. The summed E-state index contributed by atoms with van der Waals surface area (Å²) >= 11 is 0. The quantitative estimate of drug-likeness (QED) is 0.752. The summed E-state index contributed by atoms with van der Waals surface area (Å²) in [6.45, 7) is 6.91. The Morgan fingerprint density at radius 1 is 1.45 bits per heavy atom. The molecule has 1 aromatic rings. The zero-order valence-electron chi connectivity index (χ0n) is 12.3. The van der Waals surface area contributed by atoms with Gasteiger partial charge in [0.2, 0.25) is 0 Å². The van der Waals surface area contributed by atoms with Gasteiger partial charge < -0.3 is 15.2 Å². The number of hydrogen-bond acceptors (Lipinski definition) is 3. The highest BCUT2D eigenvalue weighted by Gasteiger charge is 2.08. The lowest BCUT2D eigenvalue weighted by molar-refractivity contribution is 0.0942. The molecule has 0 saturated carbocycles. The second kappa shape index (κ2) is 8.38. The Balaban J connectivity index is 2.58. The largest absolute Gasteiger partial charge is 0.490 e. The molecule has 0 aromatic heterocycles. The van der Waals surface area contributed by atoms with Gasteiger partial charge in [0, 0.05) is 18.7 Å². The van der Waals surface area contributed by atoms with Crippen LogP contribution in [0.2, 0.25) is 0 Å². The smallest absolute Gasteiger partial charge is 0.251 e. The van der Waals surface area contributed by atoms with Gasteiger partial charge in [-0.1, -0.05) is 18.6 Å². The van der Waals surface area contributed by atoms with Crippen molar-refractivity contribution in [3.8, 4) is 5.75 Å². The number of aliphatic hydroxyl groups excluding tert-OH is 1. The van der Waals surface area contributed by atoms with Gasteiger partial charge in [-0.2, -0.15) is 0 Å². The summed E-state index contributed by atoms with van der Waals surface area (Å²) in [7, 11) is 0. The first-order valence-electron chi connectivity index (χ1n) is 6.78. The number of carbonyl (C=O) groups excluding carboxylic acids is 1. The molecule has 0 aliphatic rings. The number of benzene rings is 1. The summed E-state index contributed by atoms with van der Waals surface area (Å²) < 4.78 is 5.56. The summed E-state index contributed by atoms with van der Waals surface area (Å²) in [5.41, 5.74) is 1.75. The molecular formula is C16H23NO3. The first-order valence-corrected chi connectivity index (χ1v) is 6.78. The first-order chi connectivity index (χ1) is 9.52. The van der Waals surface area contributed by atoms with Crippen LogP contribution in [-0.2, 0) is 0 Å². The number of nitrogens with one attached hydrogen (secondary N) is 1. The minimum absolute atomic E-state index is 0.0519. The highest BCUT2D eigenvalue weighted by Crippen LogP contribution is 2.13. The summed E-state index contributed by atoms with van der Waals surface area (Å²) in [4.78, 5) is 11.9. The van der Waals surface area contributed by atoms with Crippen LogP contribution in [0.5, 0.6) is 5.75 Å². The van der Waals surface area contributed by atoms with Crippen molar-refractivity contribution in [2.45, 2.75) is 20.8 Å². The molecule has 0 bridgehead atoms. The summed E-state index contributed by atoms with van der Waals surface area (Å²) in [5.74, 6) is 0.569. The summed E-state index contributed by atoms with van der Waals surface area (Å²) in [5, 5.41) is 11.7. The van der Waals surface area contributed by atoms with Crippen molar-refractivity contribution in [1.29, 1.82) is 0 Å². The maximum absolute atomic E-state index is 11.9. The topological polar surface area (TPSA) is 58.6 Å². The van der Waals surface area contributed by atoms with Gasteiger partial charge in [0.25, 0.3) is 5.91 Å². The Morgan fingerprint density at radius 2 is 2.20 bits per heavy atom. The Morgan fingerprint density at radius 3 is 2.85 bits per heavy atom. The van der Waals surface area contributed by atoms with Gasteiger partial charge in [-0.05, 0) is 44.0 Å². The van der Waals surface area contributed by atoms with Crippen molar-refractivity contribution >= 4 is 5.91 Å². The molecule has 0 aliphatic carbocycles. The van der Waals surface area contributed by atoms with E-state index >= 15 is 0 Å². The fourth-order valence-corrected chi connectivity index (χ4v) is 1.47. The summed E-state index contributed by atoms with van der Waals surface area (Å²) in [6, 6.07) is 7.08. The van der Waals surface area contributed by atoms with Crippen molar-refractivity contribution in [2.24, 2.45) is 5.92 Å². The average Bonchev–Trinajstić information content (AvgIpc) is 2.44. The third-order valence-electron chi connectivity index (χ3n) is 2.76. The van der Waals surface area contributed by atoms with Crippen LogP contribution in [0.4, 0.5) is 0 Å². The predicted octanol–water partition coefficient (Wildman–Crippen LogP) is 2.39. The number of amides is 1. The lowest BCUT2D eigenvalue weighted by Crippen LogP contribution is -2.29. The van der Waals surface area contributed by atoms with E-state index in [-0.39, 0.29) is 18.4 Å². The third kappa shape index (κ3) is 5.89. The molecule has 4 heteroatoms. The lowest BCUT2D eigenvalue weighted by atomic mass is 10.1. The number of allylic oxidation sites excluding steroid dienone is 1. The zero-order chi connectivity index (χ0) is 15.0. The van der Waals surface area contributed by atoms with Crippen molar-refractivity contribution in [3.05, 3.63) is 41.5 Å². The van der Waals surface area contributed by atoms with E-state index in [1.54, 1.807) is 18.2 Å². The molecule has 2 N–H and O–H groups in total. The van der Waals surface area contributed by atoms with E-state index in [4.69, 9.17) is 9.84 Å². The SMILES string of the molecule is CC(C)=CCOc1cccc(C(=O)NCC(C)CO)c1. The second-order valence-corrected chi connectivity index (χ2v) is 5.12. The fraction of sp³-hybridized carbons (Fsp3) is 0.438. The van der Waals surface area contributed by atoms with E-state index < -0.39 is 0 Å². The van der Waals surface area contributed by atoms with Crippen molar-refractivity contribution in [1.82, 2.24) is 5.32 Å². The Hall–Kier alpha value is -1.81. The van der Waals surface area contributed by atoms with Crippen LogP contribution < -0.4 is 10.1 Å². The maximum Gasteiger partial charge on any atom is 0.251 e. The molecular weight excluding hydrogens is 254 g/mol. The van der Waals surface area contributed by atoms with E-state index in [0.717, 1.165) is 0 Å². The van der Waals surface area contributed by atoms with Crippen LogP contribution in [0.1, 0.15) is 31.1 Å². The molecule has 0 heterocycles. The van der Waals surface area contributed by atoms with Gasteiger partial charge >= 0.3 is 0 Å². The molecule has 1 amide bonds. The molecule has 0 spiro atoms. The van der Waals surface area contributed by atoms with Crippen molar-refractivity contribution in [3.63, 3.8) is 0 Å². The molecule has 0 radical (unpaired) electrons. The van der Waals surface area contributed by atoms with E-state index in [1.165, 1.54) is 5.57 Å². The number of hydrogen-bond donors (Lipinski definition) is 2. The van der Waals surface area contributed by atoms with Gasteiger partial charge in [-0.25, -0.2) is 0 Å². The standard InChI is InChI=1S/C16H23NO3/c1-12(2)7-8-20-15-6-4-5-14(9-15)16(19)17-10-13(3)11-18/h4-7,9,13,18H,8,10-11H2,1-3H3,(H,17,19). The Kier molecular flexibility index (Phi) is 6.81. The van der Waals surface area contributed by atoms with Crippen molar-refractivity contribution < 1.29 is 14.6 Å². The highest BCUT2D eigenvalue weighted by molar-refractivity contribution is 5.94. The van der Waals surface area contributed by atoms with Gasteiger partial charge in [-0.3, -0.25) is 4.79 Å². The minimum Gasteiger partial charge on any atom is -0.490 e. The summed E-state index contributed by atoms with van der Waals surface area (Å²) in [6.07, 6.45) is 1.98. The Labute approximate surface area is 120 Å². The molecule has 0 fully saturated rings. The average molecular weight is 277 g/mol. The lowest BCUT2D eigenvalue weighted by Gasteiger charge is -2.10. The molecule has 1 rings (SSSR count). The van der Waals surface area contributed by atoms with Crippen molar-refractivity contribution in [2.75, 3.05) is 19.8 Å². The van der Waals surface area contributed by atoms with Crippen LogP contribution in [0, 0.1) is 5.92 Å². The second-order valence-electron chi connectivity index (χ2n) is 5.12. The minimum atomic E-state index is -0.155. The van der Waals surface area contributed by atoms with Gasteiger partial charge in [0.1, 0.15) is 12.4 Å². The molecule has 0 aliphatic heterocycles. The molecule has 110 valence electrons. The molecule has 1 aromatic carbocycles. The van der Waals surface area contributed by atoms with E-state index in [0.29, 0.717) is 24.5 Å². The molecule has 20 heavy (non-hydrogen) atoms. The van der Waals surface area contributed by atoms with Crippen LogP contribution in [0.15, 0.2) is 35.9 Å². The number of rotatable bonds is 7. The first kappa shape index (κ1) is 16.2. The molecule has 1 atom stereocenters. The van der Waals surface area contributed by atoms with Crippen LogP contribution >= 0.6 is 0 Å². The van der Waals surface area contributed by atoms with Crippen LogP contribution in [-0.4, -0.2) is 30.8 Å². The molecule has 1 unspecified atom stereocenters.